The third-order valence-corrected chi connectivity index (χ3v) is 6.84. The van der Waals surface area contributed by atoms with Gasteiger partial charge in [0, 0.05) is 12.1 Å². The van der Waals surface area contributed by atoms with Crippen molar-refractivity contribution in [3.05, 3.63) is 131 Å². The fourth-order valence-corrected chi connectivity index (χ4v) is 5.23. The molecule has 0 aromatic heterocycles. The Hall–Kier alpha value is -3.49. The molecule has 1 atom stereocenters. The van der Waals surface area contributed by atoms with Gasteiger partial charge in [0.25, 0.3) is 0 Å². The van der Waals surface area contributed by atoms with E-state index in [-0.39, 0.29) is 0 Å². The Bertz CT molecular complexity index is 1250. The second-order valence-corrected chi connectivity index (χ2v) is 8.41. The first-order valence-corrected chi connectivity index (χ1v) is 10.4. The highest BCUT2D eigenvalue weighted by Gasteiger charge is 2.50. The van der Waals surface area contributed by atoms with Gasteiger partial charge in [0.05, 0.1) is 11.0 Å². The molecular weight excluding hydrogens is 364 g/mol. The maximum atomic E-state index is 8.13. The molecule has 2 heteroatoms. The number of hydrogen-bond donors (Lipinski definition) is 2. The predicted molar refractivity (Wildman–Crippen MR) is 122 cm³/mol. The smallest absolute Gasteiger partial charge is 0.0846 e. The lowest BCUT2D eigenvalue weighted by Gasteiger charge is -2.34. The van der Waals surface area contributed by atoms with E-state index in [1.54, 1.807) is 0 Å². The first-order valence-electron chi connectivity index (χ1n) is 10.4. The Labute approximate surface area is 176 Å². The van der Waals surface area contributed by atoms with Gasteiger partial charge >= 0.3 is 0 Å². The second kappa shape index (κ2) is 6.01. The Morgan fingerprint density at radius 1 is 0.600 bits per heavy atom. The number of benzene rings is 4. The SMILES string of the molecule is N=C1CC1(N)c1ccc2c(c1)C(c1ccccc1)(c1ccccc1)c1ccccc1-2. The molecule has 0 spiro atoms. The van der Waals surface area contributed by atoms with Crippen molar-refractivity contribution in [1.29, 1.82) is 5.41 Å². The Balaban J connectivity index is 1.75. The molecule has 1 saturated carbocycles. The van der Waals surface area contributed by atoms with Crippen molar-refractivity contribution in [1.82, 2.24) is 0 Å². The van der Waals surface area contributed by atoms with Gasteiger partial charge in [0.2, 0.25) is 0 Å². The molecule has 2 aliphatic rings. The molecule has 0 heterocycles. The normalized spacial score (nSPS) is 20.5. The molecule has 0 radical (unpaired) electrons. The van der Waals surface area contributed by atoms with Gasteiger partial charge in [-0.25, -0.2) is 0 Å². The first-order chi connectivity index (χ1) is 14.7. The third-order valence-electron chi connectivity index (χ3n) is 6.84. The third kappa shape index (κ3) is 2.14. The molecule has 144 valence electrons. The van der Waals surface area contributed by atoms with Crippen molar-refractivity contribution < 1.29 is 0 Å². The lowest BCUT2D eigenvalue weighted by molar-refractivity contribution is 0.750. The van der Waals surface area contributed by atoms with E-state index < -0.39 is 11.0 Å². The van der Waals surface area contributed by atoms with Gasteiger partial charge in [-0.3, -0.25) is 0 Å². The summed E-state index contributed by atoms with van der Waals surface area (Å²) in [6.07, 6.45) is 0.641. The highest BCUT2D eigenvalue weighted by atomic mass is 14.9. The molecule has 0 aliphatic heterocycles. The van der Waals surface area contributed by atoms with E-state index in [1.807, 2.05) is 0 Å². The summed E-state index contributed by atoms with van der Waals surface area (Å²) in [4.78, 5) is 0. The zero-order valence-corrected chi connectivity index (χ0v) is 16.6. The lowest BCUT2D eigenvalue weighted by atomic mass is 9.67. The van der Waals surface area contributed by atoms with Crippen LogP contribution in [0.15, 0.2) is 103 Å². The van der Waals surface area contributed by atoms with Crippen molar-refractivity contribution in [2.75, 3.05) is 0 Å². The van der Waals surface area contributed by atoms with Gasteiger partial charge in [-0.2, -0.15) is 0 Å². The molecule has 2 aliphatic carbocycles. The average molecular weight is 386 g/mol. The molecular formula is C28H22N2. The molecule has 6 rings (SSSR count). The average Bonchev–Trinajstić information content (AvgIpc) is 3.32. The molecule has 0 bridgehead atoms. The van der Waals surface area contributed by atoms with Crippen LogP contribution in [-0.4, -0.2) is 5.71 Å². The quantitative estimate of drug-likeness (QED) is 0.415. The van der Waals surface area contributed by atoms with E-state index in [0.717, 1.165) is 5.56 Å². The molecule has 4 aromatic carbocycles. The Morgan fingerprint density at radius 3 is 1.73 bits per heavy atom. The minimum absolute atomic E-state index is 0.405. The van der Waals surface area contributed by atoms with Crippen molar-refractivity contribution in [3.63, 3.8) is 0 Å². The van der Waals surface area contributed by atoms with E-state index in [9.17, 15) is 0 Å². The van der Waals surface area contributed by atoms with Gasteiger partial charge in [0.15, 0.2) is 0 Å². The summed E-state index contributed by atoms with van der Waals surface area (Å²) in [7, 11) is 0. The van der Waals surface area contributed by atoms with Crippen LogP contribution in [-0.2, 0) is 11.0 Å². The molecule has 0 amide bonds. The van der Waals surface area contributed by atoms with Crippen LogP contribution >= 0.6 is 0 Å². The molecule has 30 heavy (non-hydrogen) atoms. The zero-order chi connectivity index (χ0) is 20.3. The molecule has 4 aromatic rings. The number of nitrogens with one attached hydrogen (secondary N) is 1. The number of nitrogens with two attached hydrogens (primary N) is 1. The predicted octanol–water partition coefficient (Wildman–Crippen LogP) is 5.63. The van der Waals surface area contributed by atoms with Gasteiger partial charge in [-0.1, -0.05) is 103 Å². The maximum Gasteiger partial charge on any atom is 0.0846 e. The van der Waals surface area contributed by atoms with E-state index in [0.29, 0.717) is 12.1 Å². The highest BCUT2D eigenvalue weighted by molar-refractivity contribution is 6.08. The van der Waals surface area contributed by atoms with E-state index in [4.69, 9.17) is 11.1 Å². The molecule has 1 unspecified atom stereocenters. The molecule has 0 saturated heterocycles. The second-order valence-electron chi connectivity index (χ2n) is 8.41. The minimum Gasteiger partial charge on any atom is -0.316 e. The van der Waals surface area contributed by atoms with Gasteiger partial charge in [-0.05, 0) is 38.9 Å². The Kier molecular flexibility index (Phi) is 3.48. The monoisotopic (exact) mass is 386 g/mol. The zero-order valence-electron chi connectivity index (χ0n) is 16.6. The highest BCUT2D eigenvalue weighted by Crippen LogP contribution is 2.57. The van der Waals surface area contributed by atoms with E-state index >= 15 is 0 Å². The van der Waals surface area contributed by atoms with Crippen LogP contribution in [0.25, 0.3) is 11.1 Å². The van der Waals surface area contributed by atoms with Crippen LogP contribution in [0.2, 0.25) is 0 Å². The summed E-state index contributed by atoms with van der Waals surface area (Å²) in [5, 5.41) is 8.13. The number of fused-ring (bicyclic) bond motifs is 3. The summed E-state index contributed by atoms with van der Waals surface area (Å²) in [5.41, 5.74) is 14.7. The van der Waals surface area contributed by atoms with Crippen LogP contribution < -0.4 is 5.73 Å². The van der Waals surface area contributed by atoms with Crippen LogP contribution in [0.3, 0.4) is 0 Å². The summed E-state index contributed by atoms with van der Waals surface area (Å²) < 4.78 is 0. The fraction of sp³-hybridized carbons (Fsp3) is 0.107. The van der Waals surface area contributed by atoms with Crippen molar-refractivity contribution >= 4 is 5.71 Å². The van der Waals surface area contributed by atoms with Crippen molar-refractivity contribution in [2.24, 2.45) is 5.73 Å². The van der Waals surface area contributed by atoms with E-state index in [1.165, 1.54) is 33.4 Å². The van der Waals surface area contributed by atoms with Gasteiger partial charge < -0.3 is 11.1 Å². The first kappa shape index (κ1) is 17.4. The topological polar surface area (TPSA) is 49.9 Å². The van der Waals surface area contributed by atoms with E-state index in [2.05, 4.69) is 103 Å². The molecule has 2 nitrogen and oxygen atoms in total. The summed E-state index contributed by atoms with van der Waals surface area (Å²) in [6.45, 7) is 0. The van der Waals surface area contributed by atoms with Crippen LogP contribution in [0.4, 0.5) is 0 Å². The van der Waals surface area contributed by atoms with Crippen molar-refractivity contribution in [3.8, 4) is 11.1 Å². The summed E-state index contributed by atoms with van der Waals surface area (Å²) >= 11 is 0. The lowest BCUT2D eigenvalue weighted by Crippen LogP contribution is -2.29. The number of hydrogen-bond acceptors (Lipinski definition) is 2. The van der Waals surface area contributed by atoms with Crippen LogP contribution in [0.1, 0.15) is 34.2 Å². The number of rotatable bonds is 3. The standard InChI is InChI=1S/C28H22N2/c29-26-18-27(26,30)21-15-16-23-22-13-7-8-14-24(22)28(25(23)17-21,19-9-3-1-4-10-19)20-11-5-2-6-12-20/h1-17,29H,18,30H2. The summed E-state index contributed by atoms with van der Waals surface area (Å²) in [5.74, 6) is 0. The van der Waals surface area contributed by atoms with Gasteiger partial charge in [-0.15, -0.1) is 0 Å². The van der Waals surface area contributed by atoms with Gasteiger partial charge in [0.1, 0.15) is 0 Å². The minimum atomic E-state index is -0.608. The van der Waals surface area contributed by atoms with Crippen LogP contribution in [0.5, 0.6) is 0 Å². The Morgan fingerprint density at radius 2 is 1.13 bits per heavy atom. The largest absolute Gasteiger partial charge is 0.316 e. The van der Waals surface area contributed by atoms with Crippen molar-refractivity contribution in [2.45, 2.75) is 17.4 Å². The fourth-order valence-electron chi connectivity index (χ4n) is 5.23. The summed E-state index contributed by atoms with van der Waals surface area (Å²) in [6, 6.07) is 36.8. The molecule has 1 fully saturated rings. The maximum absolute atomic E-state index is 8.13. The van der Waals surface area contributed by atoms with Crippen LogP contribution in [0, 0.1) is 5.41 Å². The molecule has 3 N–H and O–H groups in total.